The first-order chi connectivity index (χ1) is 7.06. The topological polar surface area (TPSA) is 23.6 Å². The number of nitrogens with zero attached hydrogens (tertiary/aromatic N) is 2. The van der Waals surface area contributed by atoms with Crippen LogP contribution in [-0.4, -0.2) is 47.9 Å². The van der Waals surface area contributed by atoms with Gasteiger partial charge in [-0.1, -0.05) is 20.4 Å². The van der Waals surface area contributed by atoms with E-state index in [2.05, 4.69) is 25.3 Å². The van der Waals surface area contributed by atoms with Crippen molar-refractivity contribution in [2.75, 3.05) is 32.2 Å². The van der Waals surface area contributed by atoms with Crippen molar-refractivity contribution in [3.63, 3.8) is 0 Å². The molecule has 0 spiro atoms. The minimum Gasteiger partial charge on any atom is -0.324 e. The summed E-state index contributed by atoms with van der Waals surface area (Å²) in [6.07, 6.45) is 0. The van der Waals surface area contributed by atoms with Crippen molar-refractivity contribution in [1.29, 1.82) is 0 Å². The number of hydrogen-bond acceptors (Lipinski definition) is 2. The number of amides is 1. The number of alkyl halides is 1. The number of likely N-dealkylation sites (N-methyl/N-ethyl adjacent to an activating group) is 1. The molecule has 0 bridgehead atoms. The van der Waals surface area contributed by atoms with Gasteiger partial charge in [-0.15, -0.1) is 11.6 Å². The van der Waals surface area contributed by atoms with Gasteiger partial charge in [-0.2, -0.15) is 0 Å². The molecule has 15 heavy (non-hydrogen) atoms. The summed E-state index contributed by atoms with van der Waals surface area (Å²) in [5, 5.41) is 0. The molecule has 0 heterocycles. The molecule has 88 valence electrons. The van der Waals surface area contributed by atoms with Crippen molar-refractivity contribution in [3.05, 3.63) is 12.2 Å². The van der Waals surface area contributed by atoms with Crippen LogP contribution in [0, 0.1) is 0 Å². The highest BCUT2D eigenvalue weighted by molar-refractivity contribution is 6.18. The smallest absolute Gasteiger partial charge is 0.249 e. The molecule has 0 radical (unpaired) electrons. The monoisotopic (exact) mass is 232 g/mol. The van der Waals surface area contributed by atoms with E-state index in [0.29, 0.717) is 12.1 Å². The van der Waals surface area contributed by atoms with Crippen molar-refractivity contribution in [2.24, 2.45) is 0 Å². The zero-order valence-electron chi connectivity index (χ0n) is 9.92. The second-order valence-corrected chi connectivity index (χ2v) is 3.73. The first kappa shape index (κ1) is 14.5. The van der Waals surface area contributed by atoms with E-state index >= 15 is 0 Å². The molecule has 0 saturated heterocycles. The molecule has 4 heteroatoms. The molecule has 0 saturated carbocycles. The summed E-state index contributed by atoms with van der Waals surface area (Å²) in [5.74, 6) is -0.0582. The van der Waals surface area contributed by atoms with Gasteiger partial charge in [0.05, 0.1) is 6.00 Å². The lowest BCUT2D eigenvalue weighted by atomic mass is 10.3. The molecular formula is C11H21ClN2O. The first-order valence-corrected chi connectivity index (χ1v) is 5.83. The standard InChI is InChI=1S/C11H21ClN2O/c1-5-13(6-2)7-8-14(9-12)11(15)10(3)4/h3,5-9H2,1-2,4H3. The fourth-order valence-corrected chi connectivity index (χ4v) is 1.52. The Morgan fingerprint density at radius 3 is 2.13 bits per heavy atom. The van der Waals surface area contributed by atoms with Gasteiger partial charge in [-0.25, -0.2) is 0 Å². The molecule has 0 aliphatic carbocycles. The maximum absolute atomic E-state index is 11.6. The molecular weight excluding hydrogens is 212 g/mol. The SMILES string of the molecule is C=C(C)C(=O)N(CCl)CCN(CC)CC. The molecule has 0 rings (SSSR count). The van der Waals surface area contributed by atoms with Crippen LogP contribution >= 0.6 is 11.6 Å². The van der Waals surface area contributed by atoms with Crippen LogP contribution in [0.5, 0.6) is 0 Å². The summed E-state index contributed by atoms with van der Waals surface area (Å²) in [6, 6.07) is 0.229. The third kappa shape index (κ3) is 5.19. The Bertz CT molecular complexity index is 215. The molecule has 0 aliphatic heterocycles. The Morgan fingerprint density at radius 2 is 1.80 bits per heavy atom. The molecule has 0 unspecified atom stereocenters. The van der Waals surface area contributed by atoms with Crippen LogP contribution in [-0.2, 0) is 4.79 Å². The third-order valence-electron chi connectivity index (χ3n) is 2.38. The van der Waals surface area contributed by atoms with E-state index in [9.17, 15) is 4.79 Å². The fraction of sp³-hybridized carbons (Fsp3) is 0.727. The van der Waals surface area contributed by atoms with Gasteiger partial charge in [0.15, 0.2) is 0 Å². The van der Waals surface area contributed by atoms with E-state index < -0.39 is 0 Å². The largest absolute Gasteiger partial charge is 0.324 e. The van der Waals surface area contributed by atoms with Crippen LogP contribution in [0.2, 0.25) is 0 Å². The quantitative estimate of drug-likeness (QED) is 0.381. The van der Waals surface area contributed by atoms with Gasteiger partial charge >= 0.3 is 0 Å². The average molecular weight is 233 g/mol. The highest BCUT2D eigenvalue weighted by Crippen LogP contribution is 2.01. The first-order valence-electron chi connectivity index (χ1n) is 5.29. The minimum absolute atomic E-state index is 0.0582. The summed E-state index contributed by atoms with van der Waals surface area (Å²) in [7, 11) is 0. The maximum Gasteiger partial charge on any atom is 0.249 e. The van der Waals surface area contributed by atoms with Crippen molar-refractivity contribution < 1.29 is 4.79 Å². The Kier molecular flexibility index (Phi) is 7.44. The highest BCUT2D eigenvalue weighted by atomic mass is 35.5. The van der Waals surface area contributed by atoms with Gasteiger partial charge in [0, 0.05) is 18.7 Å². The molecule has 3 nitrogen and oxygen atoms in total. The third-order valence-corrected chi connectivity index (χ3v) is 2.67. The molecule has 0 aromatic carbocycles. The fourth-order valence-electron chi connectivity index (χ4n) is 1.29. The van der Waals surface area contributed by atoms with Crippen molar-refractivity contribution >= 4 is 17.5 Å². The lowest BCUT2D eigenvalue weighted by Crippen LogP contribution is -2.38. The molecule has 0 atom stereocenters. The van der Waals surface area contributed by atoms with Gasteiger partial charge in [0.25, 0.3) is 0 Å². The second kappa shape index (κ2) is 7.71. The summed E-state index contributed by atoms with van der Waals surface area (Å²) in [5.41, 5.74) is 0.537. The Morgan fingerprint density at radius 1 is 1.27 bits per heavy atom. The van der Waals surface area contributed by atoms with Crippen LogP contribution in [0.3, 0.4) is 0 Å². The summed E-state index contributed by atoms with van der Waals surface area (Å²) in [4.78, 5) is 15.5. The van der Waals surface area contributed by atoms with Crippen LogP contribution in [0.1, 0.15) is 20.8 Å². The number of rotatable bonds is 7. The maximum atomic E-state index is 11.6. The number of carbonyl (C=O) groups excluding carboxylic acids is 1. The van der Waals surface area contributed by atoms with E-state index in [4.69, 9.17) is 11.6 Å². The highest BCUT2D eigenvalue weighted by Gasteiger charge is 2.13. The van der Waals surface area contributed by atoms with E-state index in [1.807, 2.05) is 0 Å². The van der Waals surface area contributed by atoms with Gasteiger partial charge in [-0.05, 0) is 20.0 Å². The Hall–Kier alpha value is -0.540. The van der Waals surface area contributed by atoms with Gasteiger partial charge in [0.2, 0.25) is 5.91 Å². The van der Waals surface area contributed by atoms with E-state index in [0.717, 1.165) is 19.6 Å². The van der Waals surface area contributed by atoms with Crippen LogP contribution in [0.4, 0.5) is 0 Å². The van der Waals surface area contributed by atoms with E-state index in [1.165, 1.54) is 0 Å². The summed E-state index contributed by atoms with van der Waals surface area (Å²) < 4.78 is 0. The van der Waals surface area contributed by atoms with Crippen molar-refractivity contribution in [1.82, 2.24) is 9.80 Å². The summed E-state index contributed by atoms with van der Waals surface area (Å²) in [6.45, 7) is 13.1. The summed E-state index contributed by atoms with van der Waals surface area (Å²) >= 11 is 5.72. The van der Waals surface area contributed by atoms with Gasteiger partial charge in [0.1, 0.15) is 0 Å². The molecule has 0 aromatic heterocycles. The van der Waals surface area contributed by atoms with Crippen LogP contribution < -0.4 is 0 Å². The molecule has 1 amide bonds. The number of hydrogen-bond donors (Lipinski definition) is 0. The lowest BCUT2D eigenvalue weighted by Gasteiger charge is -2.24. The Labute approximate surface area is 97.7 Å². The van der Waals surface area contributed by atoms with Crippen LogP contribution in [0.25, 0.3) is 0 Å². The molecule has 0 aliphatic rings. The Balaban J connectivity index is 4.10. The zero-order chi connectivity index (χ0) is 11.8. The second-order valence-electron chi connectivity index (χ2n) is 3.50. The normalized spacial score (nSPS) is 10.5. The van der Waals surface area contributed by atoms with Crippen LogP contribution in [0.15, 0.2) is 12.2 Å². The predicted octanol–water partition coefficient (Wildman–Crippen LogP) is 1.93. The predicted molar refractivity (Wildman–Crippen MR) is 65.0 cm³/mol. The lowest BCUT2D eigenvalue weighted by molar-refractivity contribution is -0.126. The zero-order valence-corrected chi connectivity index (χ0v) is 10.7. The van der Waals surface area contributed by atoms with Gasteiger partial charge < -0.3 is 9.80 Å². The van der Waals surface area contributed by atoms with E-state index in [1.54, 1.807) is 11.8 Å². The minimum atomic E-state index is -0.0582. The van der Waals surface area contributed by atoms with Gasteiger partial charge in [-0.3, -0.25) is 4.79 Å². The average Bonchev–Trinajstić information content (AvgIpc) is 2.24. The molecule has 0 fully saturated rings. The van der Waals surface area contributed by atoms with Crippen molar-refractivity contribution in [3.8, 4) is 0 Å². The molecule has 0 N–H and O–H groups in total. The number of halogens is 1. The number of carbonyl (C=O) groups is 1. The van der Waals surface area contributed by atoms with Crippen molar-refractivity contribution in [2.45, 2.75) is 20.8 Å². The van der Waals surface area contributed by atoms with E-state index in [-0.39, 0.29) is 11.9 Å². The molecule has 0 aromatic rings.